The van der Waals surface area contributed by atoms with Crippen LogP contribution < -0.4 is 15.4 Å². The summed E-state index contributed by atoms with van der Waals surface area (Å²) >= 11 is 0. The normalized spacial score (nSPS) is 18.4. The molecule has 1 atom stereocenters. The van der Waals surface area contributed by atoms with Gasteiger partial charge in [0.25, 0.3) is 11.8 Å². The van der Waals surface area contributed by atoms with E-state index in [9.17, 15) is 19.2 Å². The fourth-order valence-corrected chi connectivity index (χ4v) is 3.05. The van der Waals surface area contributed by atoms with Crippen LogP contribution in [0.25, 0.3) is 0 Å². The van der Waals surface area contributed by atoms with E-state index >= 15 is 0 Å². The van der Waals surface area contributed by atoms with Crippen LogP contribution in [-0.2, 0) is 25.7 Å². The molecule has 0 bridgehead atoms. The highest BCUT2D eigenvalue weighted by molar-refractivity contribution is 6.08. The van der Waals surface area contributed by atoms with Gasteiger partial charge in [-0.3, -0.25) is 19.3 Å². The van der Waals surface area contributed by atoms with Crippen molar-refractivity contribution in [3.8, 4) is 5.75 Å². The van der Waals surface area contributed by atoms with E-state index in [1.165, 1.54) is 7.11 Å². The molecule has 0 unspecified atom stereocenters. The summed E-state index contributed by atoms with van der Waals surface area (Å²) in [5.74, 6) is -0.799. The van der Waals surface area contributed by atoms with Crippen LogP contribution in [-0.4, -0.2) is 54.5 Å². The average Bonchev–Trinajstić information content (AvgIpc) is 2.92. The molecule has 1 aliphatic rings. The van der Waals surface area contributed by atoms with Crippen LogP contribution in [0.3, 0.4) is 0 Å². The van der Waals surface area contributed by atoms with Crippen LogP contribution in [0.15, 0.2) is 24.3 Å². The molecule has 0 saturated carbocycles. The van der Waals surface area contributed by atoms with Gasteiger partial charge in [-0.15, -0.1) is 0 Å². The Labute approximate surface area is 176 Å². The van der Waals surface area contributed by atoms with Crippen LogP contribution >= 0.6 is 0 Å². The van der Waals surface area contributed by atoms with E-state index in [0.29, 0.717) is 18.1 Å². The largest absolute Gasteiger partial charge is 0.496 e. The lowest BCUT2D eigenvalue weighted by atomic mass is 9.92. The van der Waals surface area contributed by atoms with Crippen molar-refractivity contribution in [1.29, 1.82) is 0 Å². The third-order valence-electron chi connectivity index (χ3n) is 4.89. The molecule has 0 spiro atoms. The van der Waals surface area contributed by atoms with E-state index in [-0.39, 0.29) is 6.54 Å². The number of nitrogens with zero attached hydrogens (tertiary/aromatic N) is 1. The molecule has 4 amide bonds. The number of hydrogen-bond acceptors (Lipinski definition) is 6. The number of imide groups is 1. The predicted molar refractivity (Wildman–Crippen MR) is 109 cm³/mol. The Morgan fingerprint density at radius 1 is 1.23 bits per heavy atom. The third-order valence-corrected chi connectivity index (χ3v) is 4.89. The molecule has 1 fully saturated rings. The molecule has 1 aliphatic heterocycles. The molecule has 1 heterocycles. The second-order valence-electron chi connectivity index (χ2n) is 7.84. The van der Waals surface area contributed by atoms with Crippen molar-refractivity contribution in [3.05, 3.63) is 29.8 Å². The van der Waals surface area contributed by atoms with E-state index in [1.54, 1.807) is 19.1 Å². The van der Waals surface area contributed by atoms with Gasteiger partial charge in [0.15, 0.2) is 6.61 Å². The van der Waals surface area contributed by atoms with Crippen molar-refractivity contribution in [2.75, 3.05) is 20.3 Å². The van der Waals surface area contributed by atoms with Gasteiger partial charge in [-0.1, -0.05) is 32.0 Å². The van der Waals surface area contributed by atoms with E-state index in [4.69, 9.17) is 9.47 Å². The topological polar surface area (TPSA) is 114 Å². The number of methoxy groups -OCH3 is 1. The van der Waals surface area contributed by atoms with Gasteiger partial charge in [0, 0.05) is 12.1 Å². The van der Waals surface area contributed by atoms with E-state index in [0.717, 1.165) is 16.9 Å². The summed E-state index contributed by atoms with van der Waals surface area (Å²) < 4.78 is 10.1. The minimum Gasteiger partial charge on any atom is -0.496 e. The summed E-state index contributed by atoms with van der Waals surface area (Å²) in [5.41, 5.74) is -0.256. The summed E-state index contributed by atoms with van der Waals surface area (Å²) in [5, 5.41) is 5.27. The van der Waals surface area contributed by atoms with Crippen LogP contribution in [0.4, 0.5) is 4.79 Å². The summed E-state index contributed by atoms with van der Waals surface area (Å²) in [7, 11) is 1.53. The number of urea groups is 1. The lowest BCUT2D eigenvalue weighted by Crippen LogP contribution is -2.44. The first-order chi connectivity index (χ1) is 14.2. The molecule has 2 rings (SSSR count). The molecule has 1 saturated heterocycles. The molecule has 164 valence electrons. The third kappa shape index (κ3) is 5.95. The molecule has 2 N–H and O–H groups in total. The number of benzene rings is 1. The van der Waals surface area contributed by atoms with Crippen molar-refractivity contribution in [2.24, 2.45) is 5.92 Å². The first-order valence-electron chi connectivity index (χ1n) is 9.84. The quantitative estimate of drug-likeness (QED) is 0.440. The van der Waals surface area contributed by atoms with Gasteiger partial charge in [-0.2, -0.15) is 0 Å². The summed E-state index contributed by atoms with van der Waals surface area (Å²) in [4.78, 5) is 49.5. The van der Waals surface area contributed by atoms with Gasteiger partial charge < -0.3 is 20.1 Å². The predicted octanol–water partition coefficient (Wildman–Crippen LogP) is 1.60. The number of hydrogen-bond donors (Lipinski definition) is 2. The number of rotatable bonds is 10. The molecule has 0 radical (unpaired) electrons. The highest BCUT2D eigenvalue weighted by Gasteiger charge is 2.48. The monoisotopic (exact) mass is 419 g/mol. The van der Waals surface area contributed by atoms with E-state index < -0.39 is 42.5 Å². The Morgan fingerprint density at radius 2 is 1.93 bits per heavy atom. The molecule has 9 nitrogen and oxygen atoms in total. The molecule has 0 aromatic heterocycles. The molecule has 0 aliphatic carbocycles. The van der Waals surface area contributed by atoms with Crippen molar-refractivity contribution in [2.45, 2.75) is 45.7 Å². The number of para-hydroxylation sites is 1. The number of amides is 4. The van der Waals surface area contributed by atoms with Gasteiger partial charge in [0.1, 0.15) is 17.8 Å². The Morgan fingerprint density at radius 3 is 2.60 bits per heavy atom. The van der Waals surface area contributed by atoms with Gasteiger partial charge >= 0.3 is 12.0 Å². The minimum atomic E-state index is -1.03. The van der Waals surface area contributed by atoms with Crippen molar-refractivity contribution in [1.82, 2.24) is 15.5 Å². The summed E-state index contributed by atoms with van der Waals surface area (Å²) in [6, 6.07) is 6.57. The number of esters is 1. The Balaban J connectivity index is 1.80. The Bertz CT molecular complexity index is 810. The standard InChI is InChI=1S/C21H29N3O6/c1-14(2)9-10-21(3)19(27)24(20(28)23-21)12-18(26)30-13-17(25)22-11-15-7-5-6-8-16(15)29-4/h5-8,14H,9-13H2,1-4H3,(H,22,25)(H,23,28)/t21-/m0/s1. The fourth-order valence-electron chi connectivity index (χ4n) is 3.05. The summed E-state index contributed by atoms with van der Waals surface area (Å²) in [6.45, 7) is 4.86. The van der Waals surface area contributed by atoms with E-state index in [2.05, 4.69) is 10.6 Å². The number of carbonyl (C=O) groups excluding carboxylic acids is 4. The Kier molecular flexibility index (Phi) is 7.79. The zero-order valence-corrected chi connectivity index (χ0v) is 17.8. The Hall–Kier alpha value is -3.10. The number of ether oxygens (including phenoxy) is 2. The SMILES string of the molecule is COc1ccccc1CNC(=O)COC(=O)CN1C(=O)N[C@@](C)(CCC(C)C)C1=O. The highest BCUT2D eigenvalue weighted by atomic mass is 16.5. The zero-order chi connectivity index (χ0) is 22.3. The van der Waals surface area contributed by atoms with Crippen molar-refractivity contribution in [3.63, 3.8) is 0 Å². The van der Waals surface area contributed by atoms with Crippen molar-refractivity contribution < 1.29 is 28.7 Å². The lowest BCUT2D eigenvalue weighted by molar-refractivity contribution is -0.151. The maximum atomic E-state index is 12.6. The smallest absolute Gasteiger partial charge is 0.326 e. The molecule has 9 heteroatoms. The van der Waals surface area contributed by atoms with Gasteiger partial charge in [-0.05, 0) is 31.7 Å². The maximum absolute atomic E-state index is 12.6. The van der Waals surface area contributed by atoms with E-state index in [1.807, 2.05) is 26.0 Å². The van der Waals surface area contributed by atoms with Crippen LogP contribution in [0.1, 0.15) is 39.2 Å². The van der Waals surface area contributed by atoms with Crippen molar-refractivity contribution >= 4 is 23.8 Å². The highest BCUT2D eigenvalue weighted by Crippen LogP contribution is 2.24. The number of nitrogens with one attached hydrogen (secondary N) is 2. The number of carbonyl (C=O) groups is 4. The second kappa shape index (κ2) is 10.1. The zero-order valence-electron chi connectivity index (χ0n) is 17.8. The molecule has 1 aromatic rings. The average molecular weight is 419 g/mol. The summed E-state index contributed by atoms with van der Waals surface area (Å²) in [6.07, 6.45) is 1.24. The maximum Gasteiger partial charge on any atom is 0.326 e. The first-order valence-corrected chi connectivity index (χ1v) is 9.84. The van der Waals surface area contributed by atoms with Gasteiger partial charge in [0.2, 0.25) is 0 Å². The van der Waals surface area contributed by atoms with Crippen LogP contribution in [0.5, 0.6) is 5.75 Å². The van der Waals surface area contributed by atoms with Crippen LogP contribution in [0, 0.1) is 5.92 Å². The fraction of sp³-hybridized carbons (Fsp3) is 0.524. The van der Waals surface area contributed by atoms with Gasteiger partial charge in [-0.25, -0.2) is 4.79 Å². The lowest BCUT2D eigenvalue weighted by Gasteiger charge is -2.22. The van der Waals surface area contributed by atoms with Crippen LogP contribution in [0.2, 0.25) is 0 Å². The first kappa shape index (κ1) is 23.2. The van der Waals surface area contributed by atoms with Gasteiger partial charge in [0.05, 0.1) is 7.11 Å². The minimum absolute atomic E-state index is 0.210. The second-order valence-corrected chi connectivity index (χ2v) is 7.84. The molecule has 30 heavy (non-hydrogen) atoms. The molecular formula is C21H29N3O6. The molecular weight excluding hydrogens is 390 g/mol. The molecule has 1 aromatic carbocycles.